The van der Waals surface area contributed by atoms with Gasteiger partial charge in [-0.2, -0.15) is 0 Å². The maximum atomic E-state index is 2.57. The summed E-state index contributed by atoms with van der Waals surface area (Å²) in [6.45, 7) is 24.9. The van der Waals surface area contributed by atoms with E-state index in [4.69, 9.17) is 0 Å². The van der Waals surface area contributed by atoms with Gasteiger partial charge in [0.2, 0.25) is 0 Å². The van der Waals surface area contributed by atoms with Gasteiger partial charge in [-0.1, -0.05) is 115 Å². The van der Waals surface area contributed by atoms with Crippen LogP contribution in [0.5, 0.6) is 0 Å². The van der Waals surface area contributed by atoms with Crippen LogP contribution in [0.15, 0.2) is 36.4 Å². The summed E-state index contributed by atoms with van der Waals surface area (Å²) >= 11 is 0. The minimum atomic E-state index is -1.64. The quantitative estimate of drug-likeness (QED) is 0.556. The molecule has 0 nitrogen and oxygen atoms in total. The van der Waals surface area contributed by atoms with E-state index < -0.39 is 16.1 Å². The summed E-state index contributed by atoms with van der Waals surface area (Å²) in [7, 11) is -3.24. The monoisotopic (exact) mass is 356 g/mol. The molecule has 0 saturated carbocycles. The molecule has 0 saturated heterocycles. The van der Waals surface area contributed by atoms with Gasteiger partial charge in [0, 0.05) is 0 Å². The summed E-state index contributed by atoms with van der Waals surface area (Å²) in [5.41, 5.74) is 0. The van der Waals surface area contributed by atoms with Crippen LogP contribution in [0.4, 0.5) is 0 Å². The SMILES string of the molecule is CC(C)(C)[Si](C)(C)c1ccc2ccccc2c1[Si](C)(C)C(C)(C)C. The van der Waals surface area contributed by atoms with E-state index in [1.54, 1.807) is 10.4 Å². The van der Waals surface area contributed by atoms with Crippen LogP contribution in [0.2, 0.25) is 36.3 Å². The molecular formula is C22H36Si2. The molecule has 0 fully saturated rings. The lowest BCUT2D eigenvalue weighted by Gasteiger charge is -2.45. The first-order chi connectivity index (χ1) is 10.7. The van der Waals surface area contributed by atoms with Crippen molar-refractivity contribution in [2.24, 2.45) is 0 Å². The lowest BCUT2D eigenvalue weighted by molar-refractivity contribution is 0.726. The summed E-state index contributed by atoms with van der Waals surface area (Å²) < 4.78 is 0. The molecular weight excluding hydrogens is 320 g/mol. The molecule has 0 radical (unpaired) electrons. The molecule has 0 unspecified atom stereocenters. The number of hydrogen-bond acceptors (Lipinski definition) is 0. The highest BCUT2D eigenvalue weighted by atomic mass is 28.3. The van der Waals surface area contributed by atoms with Crippen molar-refractivity contribution in [3.8, 4) is 0 Å². The number of fused-ring (bicyclic) bond motifs is 1. The van der Waals surface area contributed by atoms with Gasteiger partial charge in [0.25, 0.3) is 0 Å². The number of rotatable bonds is 2. The van der Waals surface area contributed by atoms with Gasteiger partial charge < -0.3 is 0 Å². The summed E-state index contributed by atoms with van der Waals surface area (Å²) in [6.07, 6.45) is 0. The van der Waals surface area contributed by atoms with Crippen LogP contribution < -0.4 is 10.4 Å². The Bertz CT molecular complexity index is 741. The van der Waals surface area contributed by atoms with E-state index in [2.05, 4.69) is 104 Å². The molecule has 0 bridgehead atoms. The van der Waals surface area contributed by atoms with Crippen LogP contribution in [-0.4, -0.2) is 16.1 Å². The Morgan fingerprint density at radius 2 is 1.12 bits per heavy atom. The predicted octanol–water partition coefficient (Wildman–Crippen LogP) is 6.27. The third kappa shape index (κ3) is 3.03. The summed E-state index contributed by atoms with van der Waals surface area (Å²) in [6, 6.07) is 13.9. The maximum absolute atomic E-state index is 2.57. The molecule has 0 amide bonds. The van der Waals surface area contributed by atoms with Crippen molar-refractivity contribution in [2.45, 2.75) is 77.8 Å². The molecule has 2 aromatic rings. The molecule has 0 aliphatic rings. The van der Waals surface area contributed by atoms with Crippen molar-refractivity contribution in [3.63, 3.8) is 0 Å². The highest BCUT2D eigenvalue weighted by Crippen LogP contribution is 2.40. The van der Waals surface area contributed by atoms with Gasteiger partial charge in [0.15, 0.2) is 0 Å². The maximum Gasteiger partial charge on any atom is 0.0865 e. The smallest absolute Gasteiger partial charge is 0.0651 e. The minimum absolute atomic E-state index is 0.342. The Morgan fingerprint density at radius 1 is 0.625 bits per heavy atom. The first kappa shape index (κ1) is 19.5. The molecule has 2 aromatic carbocycles. The van der Waals surface area contributed by atoms with Gasteiger partial charge in [-0.3, -0.25) is 0 Å². The molecule has 2 rings (SSSR count). The van der Waals surface area contributed by atoms with Crippen LogP contribution >= 0.6 is 0 Å². The van der Waals surface area contributed by atoms with Crippen molar-refractivity contribution in [1.82, 2.24) is 0 Å². The topological polar surface area (TPSA) is 0 Å². The molecule has 0 aliphatic carbocycles. The van der Waals surface area contributed by atoms with Crippen molar-refractivity contribution < 1.29 is 0 Å². The molecule has 0 spiro atoms. The van der Waals surface area contributed by atoms with Gasteiger partial charge in [-0.25, -0.2) is 0 Å². The van der Waals surface area contributed by atoms with E-state index in [-0.39, 0.29) is 0 Å². The van der Waals surface area contributed by atoms with Crippen LogP contribution in [0.1, 0.15) is 41.5 Å². The van der Waals surface area contributed by atoms with Crippen molar-refractivity contribution in [2.75, 3.05) is 0 Å². The van der Waals surface area contributed by atoms with Crippen LogP contribution in [0.25, 0.3) is 10.8 Å². The van der Waals surface area contributed by atoms with E-state index >= 15 is 0 Å². The van der Waals surface area contributed by atoms with Gasteiger partial charge in [-0.05, 0) is 20.8 Å². The second-order valence-corrected chi connectivity index (χ2v) is 21.0. The highest BCUT2D eigenvalue weighted by Gasteiger charge is 2.45. The van der Waals surface area contributed by atoms with Crippen molar-refractivity contribution in [3.05, 3.63) is 36.4 Å². The Morgan fingerprint density at radius 3 is 1.62 bits per heavy atom. The van der Waals surface area contributed by atoms with E-state index in [1.165, 1.54) is 10.8 Å². The van der Waals surface area contributed by atoms with E-state index in [1.807, 2.05) is 0 Å². The fraction of sp³-hybridized carbons (Fsp3) is 0.545. The standard InChI is InChI=1S/C22H36Si2/c1-21(2,3)23(7,8)19-16-15-17-13-11-12-14-18(17)20(19)24(9,10)22(4,5)6/h11-16H,1-10H3. The second kappa shape index (κ2) is 5.84. The summed E-state index contributed by atoms with van der Waals surface area (Å²) in [4.78, 5) is 0. The first-order valence-corrected chi connectivity index (χ1v) is 15.2. The van der Waals surface area contributed by atoms with Crippen LogP contribution in [0, 0.1) is 0 Å². The fourth-order valence-electron chi connectivity index (χ4n) is 3.24. The molecule has 0 atom stereocenters. The van der Waals surface area contributed by atoms with E-state index in [0.29, 0.717) is 10.1 Å². The average molecular weight is 357 g/mol. The zero-order valence-electron chi connectivity index (χ0n) is 17.5. The van der Waals surface area contributed by atoms with Crippen LogP contribution in [-0.2, 0) is 0 Å². The molecule has 2 heteroatoms. The third-order valence-electron chi connectivity index (χ3n) is 6.98. The van der Waals surface area contributed by atoms with Gasteiger partial charge >= 0.3 is 0 Å². The van der Waals surface area contributed by atoms with Crippen molar-refractivity contribution >= 4 is 37.3 Å². The second-order valence-electron chi connectivity index (χ2n) is 10.5. The Kier molecular flexibility index (Phi) is 4.74. The average Bonchev–Trinajstić information content (AvgIpc) is 2.43. The predicted molar refractivity (Wildman–Crippen MR) is 118 cm³/mol. The largest absolute Gasteiger partial charge is 0.0865 e. The highest BCUT2D eigenvalue weighted by molar-refractivity contribution is 7.02. The molecule has 0 aliphatic heterocycles. The molecule has 24 heavy (non-hydrogen) atoms. The van der Waals surface area contributed by atoms with E-state index in [0.717, 1.165) is 0 Å². The number of benzene rings is 2. The van der Waals surface area contributed by atoms with Gasteiger partial charge in [-0.15, -0.1) is 0 Å². The Labute approximate surface area is 151 Å². The Hall–Kier alpha value is -0.866. The summed E-state index contributed by atoms with van der Waals surface area (Å²) in [5.74, 6) is 0. The van der Waals surface area contributed by atoms with Gasteiger partial charge in [0.1, 0.15) is 0 Å². The minimum Gasteiger partial charge on any atom is -0.0651 e. The molecule has 0 aromatic heterocycles. The zero-order chi connectivity index (χ0) is 18.6. The van der Waals surface area contributed by atoms with Crippen molar-refractivity contribution in [1.29, 1.82) is 0 Å². The molecule has 0 N–H and O–H groups in total. The summed E-state index contributed by atoms with van der Waals surface area (Å²) in [5, 5.41) is 7.02. The lowest BCUT2D eigenvalue weighted by Crippen LogP contribution is -2.64. The fourth-order valence-corrected chi connectivity index (χ4v) is 9.60. The normalized spacial score (nSPS) is 14.2. The molecule has 0 heterocycles. The van der Waals surface area contributed by atoms with Crippen LogP contribution in [0.3, 0.4) is 0 Å². The first-order valence-electron chi connectivity index (χ1n) is 9.24. The third-order valence-corrected chi connectivity index (χ3v) is 18.3. The Balaban J connectivity index is 2.96. The van der Waals surface area contributed by atoms with E-state index in [9.17, 15) is 0 Å². The number of hydrogen-bond donors (Lipinski definition) is 0. The van der Waals surface area contributed by atoms with Gasteiger partial charge in [0.05, 0.1) is 16.1 Å². The lowest BCUT2D eigenvalue weighted by atomic mass is 10.1. The molecule has 132 valence electrons. The zero-order valence-corrected chi connectivity index (χ0v) is 19.5.